The number of ether oxygens (including phenoxy) is 4. The zero-order valence-electron chi connectivity index (χ0n) is 22.3. The lowest BCUT2D eigenvalue weighted by atomic mass is 10.1. The average Bonchev–Trinajstić information content (AvgIpc) is 3.34. The molecule has 0 spiro atoms. The largest absolute Gasteiger partial charge is 0.493 e. The molecule has 5 aromatic rings. The van der Waals surface area contributed by atoms with E-state index in [9.17, 15) is 4.79 Å². The van der Waals surface area contributed by atoms with E-state index in [1.165, 1.54) is 0 Å². The Hall–Kier alpha value is -4.54. The Morgan fingerprint density at radius 2 is 1.82 bits per heavy atom. The number of anilines is 1. The van der Waals surface area contributed by atoms with E-state index >= 15 is 0 Å². The van der Waals surface area contributed by atoms with Crippen LogP contribution >= 0.6 is 0 Å². The minimum absolute atomic E-state index is 0.236. The van der Waals surface area contributed by atoms with Crippen molar-refractivity contribution in [3.05, 3.63) is 77.1 Å². The van der Waals surface area contributed by atoms with Gasteiger partial charge in [0.25, 0.3) is 5.56 Å². The Balaban J connectivity index is 1.26. The van der Waals surface area contributed by atoms with Crippen LogP contribution in [0.15, 0.2) is 71.5 Å². The fourth-order valence-corrected chi connectivity index (χ4v) is 4.94. The van der Waals surface area contributed by atoms with Gasteiger partial charge in [-0.2, -0.15) is 5.10 Å². The SMILES string of the molecule is COc1cc(-n2nc3c(c2N)c(=O)[nH]c2cc(OCCCN4CCOCC4)ccc23)ccc1Oc1ccccc1. The van der Waals surface area contributed by atoms with E-state index in [0.29, 0.717) is 51.7 Å². The predicted octanol–water partition coefficient (Wildman–Crippen LogP) is 4.35. The normalized spacial score (nSPS) is 14.0. The molecule has 3 aromatic carbocycles. The van der Waals surface area contributed by atoms with Crippen molar-refractivity contribution >= 4 is 27.6 Å². The molecule has 10 nitrogen and oxygen atoms in total. The summed E-state index contributed by atoms with van der Waals surface area (Å²) in [6.07, 6.45) is 0.910. The molecule has 1 aliphatic heterocycles. The summed E-state index contributed by atoms with van der Waals surface area (Å²) in [7, 11) is 1.57. The van der Waals surface area contributed by atoms with Gasteiger partial charge in [0.15, 0.2) is 11.5 Å². The molecular formula is C30H31N5O5. The minimum Gasteiger partial charge on any atom is -0.493 e. The highest BCUT2D eigenvalue weighted by Crippen LogP contribution is 2.35. The fourth-order valence-electron chi connectivity index (χ4n) is 4.94. The molecular weight excluding hydrogens is 510 g/mol. The van der Waals surface area contributed by atoms with Crippen LogP contribution < -0.4 is 25.5 Å². The van der Waals surface area contributed by atoms with Gasteiger partial charge in [0, 0.05) is 37.2 Å². The van der Waals surface area contributed by atoms with Crippen molar-refractivity contribution in [2.45, 2.75) is 6.42 Å². The third-order valence-corrected chi connectivity index (χ3v) is 7.00. The fraction of sp³-hybridized carbons (Fsp3) is 0.267. The van der Waals surface area contributed by atoms with Gasteiger partial charge in [0.1, 0.15) is 28.2 Å². The van der Waals surface area contributed by atoms with Crippen molar-refractivity contribution in [1.82, 2.24) is 19.7 Å². The molecule has 6 rings (SSSR count). The zero-order chi connectivity index (χ0) is 27.5. The number of aromatic amines is 1. The number of morpholine rings is 1. The molecule has 1 aliphatic rings. The topological polar surface area (TPSA) is 117 Å². The summed E-state index contributed by atoms with van der Waals surface area (Å²) in [5.41, 5.74) is 7.93. The van der Waals surface area contributed by atoms with E-state index in [4.69, 9.17) is 29.8 Å². The van der Waals surface area contributed by atoms with Crippen LogP contribution in [0.5, 0.6) is 23.0 Å². The number of nitrogens with two attached hydrogens (primary N) is 1. The number of nitrogens with zero attached hydrogens (tertiary/aromatic N) is 3. The van der Waals surface area contributed by atoms with Crippen LogP contribution in [-0.2, 0) is 4.74 Å². The number of hydrogen-bond donors (Lipinski definition) is 2. The number of nitrogen functional groups attached to an aromatic ring is 1. The second-order valence-electron chi connectivity index (χ2n) is 9.59. The minimum atomic E-state index is -0.313. The van der Waals surface area contributed by atoms with Crippen LogP contribution in [0.4, 0.5) is 5.82 Å². The summed E-state index contributed by atoms with van der Waals surface area (Å²) in [6, 6.07) is 20.5. The molecule has 206 valence electrons. The zero-order valence-corrected chi connectivity index (χ0v) is 22.3. The summed E-state index contributed by atoms with van der Waals surface area (Å²) in [6.45, 7) is 5.05. The molecule has 1 saturated heterocycles. The third-order valence-electron chi connectivity index (χ3n) is 7.00. The van der Waals surface area contributed by atoms with Crippen molar-refractivity contribution in [3.8, 4) is 28.7 Å². The maximum absolute atomic E-state index is 13.1. The lowest BCUT2D eigenvalue weighted by Gasteiger charge is -2.26. The quantitative estimate of drug-likeness (QED) is 0.265. The van der Waals surface area contributed by atoms with Crippen LogP contribution in [0.2, 0.25) is 0 Å². The number of para-hydroxylation sites is 1. The molecule has 2 aromatic heterocycles. The first-order valence-corrected chi connectivity index (χ1v) is 13.3. The number of benzene rings is 3. The number of nitrogens with one attached hydrogen (secondary N) is 1. The van der Waals surface area contributed by atoms with Gasteiger partial charge in [-0.25, -0.2) is 4.68 Å². The molecule has 0 radical (unpaired) electrons. The number of H-pyrrole nitrogens is 1. The van der Waals surface area contributed by atoms with E-state index in [2.05, 4.69) is 9.88 Å². The van der Waals surface area contributed by atoms with Gasteiger partial charge in [-0.05, 0) is 42.8 Å². The van der Waals surface area contributed by atoms with Crippen molar-refractivity contribution < 1.29 is 18.9 Å². The molecule has 40 heavy (non-hydrogen) atoms. The first kappa shape index (κ1) is 25.7. The molecule has 0 atom stereocenters. The second kappa shape index (κ2) is 11.3. The van der Waals surface area contributed by atoms with Gasteiger partial charge < -0.3 is 29.7 Å². The standard InChI is InChI=1S/C30H31N5O5/c1-37-26-18-20(8-11-25(26)40-21-6-3-2-4-7-21)35-29(31)27-28(33-35)23-10-9-22(19-24(23)32-30(27)36)39-15-5-12-34-13-16-38-17-14-34/h2-4,6-11,18-19H,5,12-17,31H2,1H3,(H,32,36). The van der Waals surface area contributed by atoms with Crippen molar-refractivity contribution in [3.63, 3.8) is 0 Å². The summed E-state index contributed by atoms with van der Waals surface area (Å²) < 4.78 is 24.5. The first-order chi connectivity index (χ1) is 19.6. The van der Waals surface area contributed by atoms with Crippen LogP contribution in [0.3, 0.4) is 0 Å². The first-order valence-electron chi connectivity index (χ1n) is 13.3. The highest BCUT2D eigenvalue weighted by molar-refractivity contribution is 6.07. The molecule has 0 aliphatic carbocycles. The Kier molecular flexibility index (Phi) is 7.26. The number of methoxy groups -OCH3 is 1. The summed E-state index contributed by atoms with van der Waals surface area (Å²) in [4.78, 5) is 18.4. The Bertz CT molecular complexity index is 1690. The Morgan fingerprint density at radius 3 is 2.62 bits per heavy atom. The average molecular weight is 542 g/mol. The molecule has 0 saturated carbocycles. The Labute approximate surface area is 230 Å². The monoisotopic (exact) mass is 541 g/mol. The van der Waals surface area contributed by atoms with E-state index in [0.717, 1.165) is 44.7 Å². The van der Waals surface area contributed by atoms with Gasteiger partial charge in [-0.3, -0.25) is 9.69 Å². The van der Waals surface area contributed by atoms with Gasteiger partial charge >= 0.3 is 0 Å². The summed E-state index contributed by atoms with van der Waals surface area (Å²) >= 11 is 0. The van der Waals surface area contributed by atoms with Crippen molar-refractivity contribution in [2.24, 2.45) is 0 Å². The molecule has 3 heterocycles. The van der Waals surface area contributed by atoms with E-state index in [1.54, 1.807) is 23.9 Å². The smallest absolute Gasteiger partial charge is 0.261 e. The molecule has 0 amide bonds. The third kappa shape index (κ3) is 5.18. The van der Waals surface area contributed by atoms with E-state index in [-0.39, 0.29) is 11.4 Å². The van der Waals surface area contributed by atoms with E-state index in [1.807, 2.05) is 54.6 Å². The maximum atomic E-state index is 13.1. The van der Waals surface area contributed by atoms with Crippen LogP contribution in [-0.4, -0.2) is 66.2 Å². The van der Waals surface area contributed by atoms with Crippen LogP contribution in [0, 0.1) is 0 Å². The van der Waals surface area contributed by atoms with Gasteiger partial charge in [0.05, 0.1) is 38.1 Å². The molecule has 0 bridgehead atoms. The highest BCUT2D eigenvalue weighted by atomic mass is 16.5. The number of hydrogen-bond acceptors (Lipinski definition) is 8. The highest BCUT2D eigenvalue weighted by Gasteiger charge is 2.18. The van der Waals surface area contributed by atoms with Crippen molar-refractivity contribution in [2.75, 3.05) is 52.3 Å². The molecule has 10 heteroatoms. The number of aromatic nitrogens is 3. The van der Waals surface area contributed by atoms with Crippen LogP contribution in [0.1, 0.15) is 6.42 Å². The van der Waals surface area contributed by atoms with Crippen LogP contribution in [0.25, 0.3) is 27.5 Å². The van der Waals surface area contributed by atoms with Gasteiger partial charge in [-0.1, -0.05) is 18.2 Å². The predicted molar refractivity (Wildman–Crippen MR) is 154 cm³/mol. The van der Waals surface area contributed by atoms with Gasteiger partial charge in [0.2, 0.25) is 0 Å². The summed E-state index contributed by atoms with van der Waals surface area (Å²) in [5, 5.41) is 5.84. The van der Waals surface area contributed by atoms with Gasteiger partial charge in [-0.15, -0.1) is 0 Å². The lowest BCUT2D eigenvalue weighted by Crippen LogP contribution is -2.37. The number of fused-ring (bicyclic) bond motifs is 3. The number of rotatable bonds is 9. The lowest BCUT2D eigenvalue weighted by molar-refractivity contribution is 0.0358. The Morgan fingerprint density at radius 1 is 1.00 bits per heavy atom. The molecule has 3 N–H and O–H groups in total. The maximum Gasteiger partial charge on any atom is 0.261 e. The van der Waals surface area contributed by atoms with Crippen molar-refractivity contribution in [1.29, 1.82) is 0 Å². The molecule has 1 fully saturated rings. The number of pyridine rings is 1. The summed E-state index contributed by atoms with van der Waals surface area (Å²) in [5.74, 6) is 2.68. The second-order valence-corrected chi connectivity index (χ2v) is 9.59. The van der Waals surface area contributed by atoms with E-state index < -0.39 is 0 Å². The molecule has 0 unspecified atom stereocenters.